The van der Waals surface area contributed by atoms with E-state index in [1.54, 1.807) is 0 Å². The van der Waals surface area contributed by atoms with Crippen LogP contribution in [0.5, 0.6) is 0 Å². The summed E-state index contributed by atoms with van der Waals surface area (Å²) in [6.45, 7) is 0. The summed E-state index contributed by atoms with van der Waals surface area (Å²) in [4.78, 5) is 0. The third kappa shape index (κ3) is 3.69. The molecule has 1 rings (SSSR count). The molecule has 0 unspecified atom stereocenters. The van der Waals surface area contributed by atoms with E-state index in [1.807, 2.05) is 0 Å². The molecule has 0 spiro atoms. The highest BCUT2D eigenvalue weighted by molar-refractivity contribution is 5.39. The van der Waals surface area contributed by atoms with E-state index in [2.05, 4.69) is 0 Å². The molecule has 14 heteroatoms. The van der Waals surface area contributed by atoms with Crippen molar-refractivity contribution in [2.24, 2.45) is 0 Å². The van der Waals surface area contributed by atoms with Crippen molar-refractivity contribution in [2.75, 3.05) is 5.73 Å². The first-order chi connectivity index (χ1) is 12.2. The molecule has 162 valence electrons. The molecule has 0 atom stereocenters. The molecule has 1 nitrogen and oxygen atoms in total. The molecule has 0 heterocycles. The zero-order valence-corrected chi connectivity index (χ0v) is 13.2. The molecule has 1 aromatic rings. The summed E-state index contributed by atoms with van der Waals surface area (Å²) in [5, 5.41) is 0. The van der Waals surface area contributed by atoms with Crippen molar-refractivity contribution >= 4 is 5.69 Å². The molecule has 0 bridgehead atoms. The van der Waals surface area contributed by atoms with Gasteiger partial charge in [-0.15, -0.1) is 0 Å². The Morgan fingerprint density at radius 1 is 0.571 bits per heavy atom. The van der Waals surface area contributed by atoms with Crippen molar-refractivity contribution in [1.82, 2.24) is 0 Å². The normalized spacial score (nSPS) is 15.0. The number of hydrogen-bond donors (Lipinski definition) is 1. The Kier molecular flexibility index (Phi) is 5.92. The fourth-order valence-corrected chi connectivity index (χ4v) is 1.94. The number of benzene rings is 1. The van der Waals surface area contributed by atoms with Crippen LogP contribution in [0.2, 0.25) is 0 Å². The van der Waals surface area contributed by atoms with E-state index in [9.17, 15) is 57.1 Å². The molecule has 1 aromatic carbocycles. The third-order valence-corrected chi connectivity index (χ3v) is 3.71. The molecule has 2 N–H and O–H groups in total. The maximum atomic E-state index is 13.6. The van der Waals surface area contributed by atoms with Gasteiger partial charge in [-0.3, -0.25) is 0 Å². The number of alkyl halides is 13. The van der Waals surface area contributed by atoms with E-state index in [1.165, 1.54) is 0 Å². The summed E-state index contributed by atoms with van der Waals surface area (Å²) in [6.07, 6.45) is -10.8. The second kappa shape index (κ2) is 6.87. The maximum absolute atomic E-state index is 13.6. The Bertz CT molecular complexity index is 675. The SMILES string of the molecule is Nc1ccc(CCC(F)(F)C(F)(F)C(F)(F)C(F)(F)C(F)(F)C(F)(F)F)cc1. The smallest absolute Gasteiger partial charge is 0.399 e. The molecule has 0 radical (unpaired) electrons. The highest BCUT2D eigenvalue weighted by atomic mass is 19.4. The van der Waals surface area contributed by atoms with Gasteiger partial charge in [0.1, 0.15) is 0 Å². The predicted molar refractivity (Wildman–Crippen MR) is 70.0 cm³/mol. The van der Waals surface area contributed by atoms with Gasteiger partial charge in [0.05, 0.1) is 0 Å². The number of nitrogens with two attached hydrogens (primary N) is 1. The molecule has 0 aliphatic heterocycles. The molecule has 0 aliphatic carbocycles. The van der Waals surface area contributed by atoms with Crippen LogP contribution in [0.4, 0.5) is 62.8 Å². The topological polar surface area (TPSA) is 26.0 Å². The minimum Gasteiger partial charge on any atom is -0.399 e. The van der Waals surface area contributed by atoms with Gasteiger partial charge in [0.25, 0.3) is 0 Å². The van der Waals surface area contributed by atoms with Gasteiger partial charge in [-0.2, -0.15) is 57.1 Å². The molecule has 0 aromatic heterocycles. The monoisotopic (exact) mass is 439 g/mol. The van der Waals surface area contributed by atoms with Crippen molar-refractivity contribution in [2.45, 2.75) is 48.6 Å². The van der Waals surface area contributed by atoms with Gasteiger partial charge >= 0.3 is 35.8 Å². The minimum atomic E-state index is -7.87. The average molecular weight is 439 g/mol. The molecule has 0 amide bonds. The van der Waals surface area contributed by atoms with Gasteiger partial charge in [-0.05, 0) is 24.1 Å². The van der Waals surface area contributed by atoms with Crippen LogP contribution in [0.1, 0.15) is 12.0 Å². The number of hydrogen-bond acceptors (Lipinski definition) is 1. The van der Waals surface area contributed by atoms with Crippen LogP contribution in [-0.2, 0) is 6.42 Å². The molecule has 0 fully saturated rings. The van der Waals surface area contributed by atoms with Crippen LogP contribution in [0.25, 0.3) is 0 Å². The van der Waals surface area contributed by atoms with Crippen molar-refractivity contribution < 1.29 is 57.1 Å². The van der Waals surface area contributed by atoms with Crippen LogP contribution in [-0.4, -0.2) is 35.8 Å². The average Bonchev–Trinajstić information content (AvgIpc) is 2.52. The first-order valence-corrected chi connectivity index (χ1v) is 7.02. The summed E-state index contributed by atoms with van der Waals surface area (Å²) in [5.74, 6) is -36.6. The molecule has 0 saturated carbocycles. The fraction of sp³-hybridized carbons (Fsp3) is 0.571. The van der Waals surface area contributed by atoms with Crippen LogP contribution in [0, 0.1) is 0 Å². The largest absolute Gasteiger partial charge is 0.460 e. The first kappa shape index (κ1) is 24.1. The van der Waals surface area contributed by atoms with Gasteiger partial charge in [-0.25, -0.2) is 0 Å². The van der Waals surface area contributed by atoms with E-state index in [-0.39, 0.29) is 11.3 Å². The lowest BCUT2D eigenvalue weighted by atomic mass is 9.91. The Balaban J connectivity index is 3.23. The first-order valence-electron chi connectivity index (χ1n) is 7.02. The van der Waals surface area contributed by atoms with Crippen LogP contribution in [0.3, 0.4) is 0 Å². The fourth-order valence-electron chi connectivity index (χ4n) is 1.94. The van der Waals surface area contributed by atoms with E-state index in [4.69, 9.17) is 5.73 Å². The third-order valence-electron chi connectivity index (χ3n) is 3.71. The van der Waals surface area contributed by atoms with E-state index < -0.39 is 48.6 Å². The van der Waals surface area contributed by atoms with E-state index in [0.717, 1.165) is 24.3 Å². The minimum absolute atomic E-state index is 0.0985. The van der Waals surface area contributed by atoms with Gasteiger partial charge in [0.15, 0.2) is 0 Å². The molecule has 28 heavy (non-hydrogen) atoms. The maximum Gasteiger partial charge on any atom is 0.460 e. The van der Waals surface area contributed by atoms with Crippen molar-refractivity contribution in [3.05, 3.63) is 29.8 Å². The molecular weight excluding hydrogens is 429 g/mol. The number of nitrogen functional groups attached to an aromatic ring is 1. The second-order valence-electron chi connectivity index (χ2n) is 5.74. The Morgan fingerprint density at radius 2 is 0.964 bits per heavy atom. The highest BCUT2D eigenvalue weighted by Gasteiger charge is 2.90. The van der Waals surface area contributed by atoms with Crippen LogP contribution in [0.15, 0.2) is 24.3 Å². The second-order valence-corrected chi connectivity index (χ2v) is 5.74. The summed E-state index contributed by atoms with van der Waals surface area (Å²) in [6, 6.07) is 4.18. The number of rotatable bonds is 7. The van der Waals surface area contributed by atoms with Crippen molar-refractivity contribution in [3.8, 4) is 0 Å². The number of halogens is 13. The van der Waals surface area contributed by atoms with E-state index >= 15 is 0 Å². The van der Waals surface area contributed by atoms with Crippen molar-refractivity contribution in [1.29, 1.82) is 0 Å². The molecule has 0 saturated heterocycles. The van der Waals surface area contributed by atoms with Gasteiger partial charge in [-0.1, -0.05) is 12.1 Å². The summed E-state index contributed by atoms with van der Waals surface area (Å²) in [7, 11) is 0. The van der Waals surface area contributed by atoms with Crippen molar-refractivity contribution in [3.63, 3.8) is 0 Å². The van der Waals surface area contributed by atoms with Gasteiger partial charge < -0.3 is 5.73 Å². The van der Waals surface area contributed by atoms with Crippen LogP contribution >= 0.6 is 0 Å². The van der Waals surface area contributed by atoms with E-state index in [0.29, 0.717) is 0 Å². The number of aryl methyl sites for hydroxylation is 1. The Morgan fingerprint density at radius 3 is 1.36 bits per heavy atom. The zero-order chi connectivity index (χ0) is 22.4. The van der Waals surface area contributed by atoms with Crippen LogP contribution < -0.4 is 5.73 Å². The summed E-state index contributed by atoms with van der Waals surface area (Å²) >= 11 is 0. The predicted octanol–water partition coefficient (Wildman–Crippen LogP) is 5.94. The highest BCUT2D eigenvalue weighted by Crippen LogP contribution is 2.60. The zero-order valence-electron chi connectivity index (χ0n) is 13.2. The molecule has 0 aliphatic rings. The Hall–Kier alpha value is -1.89. The quantitative estimate of drug-likeness (QED) is 0.413. The Labute approximate surface area is 148 Å². The van der Waals surface area contributed by atoms with Gasteiger partial charge in [0.2, 0.25) is 0 Å². The standard InChI is InChI=1S/C14H10F13N/c15-9(16,6-5-7-1-3-8(28)4-2-7)10(17,18)11(19,20)12(21,22)13(23,24)14(25,26)27/h1-4H,5-6,28H2. The lowest BCUT2D eigenvalue weighted by Crippen LogP contribution is -2.70. The molecular formula is C14H10F13N. The van der Waals surface area contributed by atoms with Gasteiger partial charge in [0, 0.05) is 12.1 Å². The lowest BCUT2D eigenvalue weighted by molar-refractivity contribution is -0.440. The lowest BCUT2D eigenvalue weighted by Gasteiger charge is -2.39. The summed E-state index contributed by atoms with van der Waals surface area (Å²) < 4.78 is 168. The number of anilines is 1. The summed E-state index contributed by atoms with van der Waals surface area (Å²) in [5.41, 5.74) is 5.15.